The van der Waals surface area contributed by atoms with E-state index in [9.17, 15) is 18.0 Å². The van der Waals surface area contributed by atoms with Crippen LogP contribution in [-0.2, 0) is 14.6 Å². The average Bonchev–Trinajstić information content (AvgIpc) is 3.19. The molecule has 0 bridgehead atoms. The number of carbonyl (C=O) groups is 1. The maximum absolute atomic E-state index is 13.5. The molecule has 3 heterocycles. The highest BCUT2D eigenvalue weighted by molar-refractivity contribution is 7.91. The summed E-state index contributed by atoms with van der Waals surface area (Å²) in [6.07, 6.45) is 4.22. The van der Waals surface area contributed by atoms with Crippen molar-refractivity contribution in [1.29, 1.82) is 0 Å². The lowest BCUT2D eigenvalue weighted by Crippen LogP contribution is -2.45. The van der Waals surface area contributed by atoms with E-state index in [0.717, 1.165) is 56.7 Å². The van der Waals surface area contributed by atoms with Gasteiger partial charge in [-0.25, -0.2) is 18.1 Å². The average molecular weight is 564 g/mol. The number of nitrogens with zero attached hydrogens (tertiary/aromatic N) is 5. The van der Waals surface area contributed by atoms with Crippen molar-refractivity contribution in [3.8, 4) is 0 Å². The first-order valence-electron chi connectivity index (χ1n) is 13.7. The minimum absolute atomic E-state index is 0.0332. The second kappa shape index (κ2) is 10.3. The topological polar surface area (TPSA) is 133 Å². The Morgan fingerprint density at radius 1 is 1.05 bits per heavy atom. The van der Waals surface area contributed by atoms with Gasteiger partial charge in [0.1, 0.15) is 0 Å². The third-order valence-electron chi connectivity index (χ3n) is 7.98. The zero-order chi connectivity index (χ0) is 28.0. The van der Waals surface area contributed by atoms with Gasteiger partial charge in [-0.05, 0) is 69.4 Å². The molecule has 12 heteroatoms. The molecule has 2 N–H and O–H groups in total. The van der Waals surface area contributed by atoms with Crippen LogP contribution in [0.3, 0.4) is 0 Å². The second-order valence-electron chi connectivity index (χ2n) is 10.9. The standard InChI is InChI=1S/C28H33N7O4S/c1-18-7-10-24(19(2)15-18)40(38,39)28-26-30-27(37)22-9-8-21(16-23(22)35(26)32-31-28)34-12-4-11-33(13-14-34)17-25(36)29-20-5-3-6-20/h7-10,15-16,20,32H,3-6,11-14,17H2,1-2H3,(H,29,36). The van der Waals surface area contributed by atoms with Crippen molar-refractivity contribution in [2.24, 2.45) is 0 Å². The number of anilines is 1. The van der Waals surface area contributed by atoms with Gasteiger partial charge in [0.2, 0.25) is 20.8 Å². The summed E-state index contributed by atoms with van der Waals surface area (Å²) in [5.41, 5.74) is 2.41. The SMILES string of the molecule is Cc1ccc(S(=O)(=O)c2n[nH]n3c2nc(=O)c2ccc(N4CCCN(CC(=O)NC5CCC5)CC4)cc23)c(C)c1. The molecule has 2 aliphatic rings. The minimum atomic E-state index is -4.03. The molecule has 2 aromatic carbocycles. The van der Waals surface area contributed by atoms with Gasteiger partial charge in [-0.15, -0.1) is 5.10 Å². The predicted octanol–water partition coefficient (Wildman–Crippen LogP) is 2.20. The molecule has 1 amide bonds. The highest BCUT2D eigenvalue weighted by Gasteiger charge is 2.28. The van der Waals surface area contributed by atoms with Gasteiger partial charge in [-0.2, -0.15) is 4.98 Å². The summed E-state index contributed by atoms with van der Waals surface area (Å²) in [7, 11) is -4.03. The highest BCUT2D eigenvalue weighted by atomic mass is 32.2. The van der Waals surface area contributed by atoms with Gasteiger partial charge < -0.3 is 10.2 Å². The number of carbonyl (C=O) groups excluding carboxylic acids is 1. The molecule has 11 nitrogen and oxygen atoms in total. The Labute approximate surface area is 232 Å². The highest BCUT2D eigenvalue weighted by Crippen LogP contribution is 2.28. The van der Waals surface area contributed by atoms with Crippen molar-refractivity contribution in [2.45, 2.75) is 55.5 Å². The van der Waals surface area contributed by atoms with Crippen LogP contribution in [0.15, 0.2) is 51.1 Å². The van der Waals surface area contributed by atoms with Crippen molar-refractivity contribution in [1.82, 2.24) is 30.0 Å². The second-order valence-corrected chi connectivity index (χ2v) is 12.7. The van der Waals surface area contributed by atoms with Crippen LogP contribution >= 0.6 is 0 Å². The third-order valence-corrected chi connectivity index (χ3v) is 9.80. The monoisotopic (exact) mass is 563 g/mol. The molecule has 210 valence electrons. The first kappa shape index (κ1) is 26.5. The van der Waals surface area contributed by atoms with Crippen molar-refractivity contribution in [3.05, 3.63) is 57.9 Å². The Bertz CT molecular complexity index is 1770. The summed E-state index contributed by atoms with van der Waals surface area (Å²) in [6, 6.07) is 10.9. The molecule has 0 unspecified atom stereocenters. The Morgan fingerprint density at radius 3 is 2.62 bits per heavy atom. The maximum Gasteiger partial charge on any atom is 0.281 e. The number of hydrogen-bond donors (Lipinski definition) is 2. The van der Waals surface area contributed by atoms with E-state index in [2.05, 4.69) is 30.4 Å². The van der Waals surface area contributed by atoms with Crippen LogP contribution in [0.5, 0.6) is 0 Å². The number of aryl methyl sites for hydroxylation is 2. The molecule has 0 spiro atoms. The van der Waals surface area contributed by atoms with Crippen LogP contribution in [0.4, 0.5) is 5.69 Å². The van der Waals surface area contributed by atoms with E-state index in [1.165, 1.54) is 10.9 Å². The van der Waals surface area contributed by atoms with Gasteiger partial charge in [-0.3, -0.25) is 14.5 Å². The molecule has 1 aliphatic heterocycles. The van der Waals surface area contributed by atoms with E-state index in [4.69, 9.17) is 0 Å². The number of nitrogens with one attached hydrogen (secondary N) is 2. The van der Waals surface area contributed by atoms with Crippen LogP contribution in [0.1, 0.15) is 36.8 Å². The molecular weight excluding hydrogens is 530 g/mol. The molecule has 40 heavy (non-hydrogen) atoms. The van der Waals surface area contributed by atoms with Crippen LogP contribution < -0.4 is 15.8 Å². The van der Waals surface area contributed by atoms with E-state index in [1.54, 1.807) is 31.2 Å². The van der Waals surface area contributed by atoms with Gasteiger partial charge in [-0.1, -0.05) is 17.7 Å². The maximum atomic E-state index is 13.5. The zero-order valence-corrected chi connectivity index (χ0v) is 23.5. The summed E-state index contributed by atoms with van der Waals surface area (Å²) >= 11 is 0. The molecule has 0 radical (unpaired) electrons. The third kappa shape index (κ3) is 4.86. The Kier molecular flexibility index (Phi) is 6.83. The zero-order valence-electron chi connectivity index (χ0n) is 22.7. The molecule has 2 fully saturated rings. The van der Waals surface area contributed by atoms with E-state index < -0.39 is 15.4 Å². The summed E-state index contributed by atoms with van der Waals surface area (Å²) in [6.45, 7) is 7.12. The number of aromatic nitrogens is 4. The normalized spacial score (nSPS) is 17.2. The van der Waals surface area contributed by atoms with Crippen LogP contribution in [0.2, 0.25) is 0 Å². The smallest absolute Gasteiger partial charge is 0.281 e. The Balaban J connectivity index is 1.29. The van der Waals surface area contributed by atoms with Crippen LogP contribution in [0.25, 0.3) is 16.6 Å². The first-order chi connectivity index (χ1) is 19.2. The molecule has 1 aliphatic carbocycles. The van der Waals surface area contributed by atoms with Crippen molar-refractivity contribution in [3.63, 3.8) is 0 Å². The summed E-state index contributed by atoms with van der Waals surface area (Å²) < 4.78 is 28.6. The fraction of sp³-hybridized carbons (Fsp3) is 0.429. The molecule has 1 saturated heterocycles. The number of rotatable bonds is 6. The number of aromatic amines is 1. The van der Waals surface area contributed by atoms with E-state index in [1.807, 2.05) is 19.1 Å². The molecule has 0 atom stereocenters. The first-order valence-corrected chi connectivity index (χ1v) is 15.2. The van der Waals surface area contributed by atoms with Gasteiger partial charge in [0.05, 0.1) is 22.3 Å². The predicted molar refractivity (Wildman–Crippen MR) is 152 cm³/mol. The number of hydrogen-bond acceptors (Lipinski definition) is 8. The quantitative estimate of drug-likeness (QED) is 0.365. The molecular formula is C28H33N7O4S. The lowest BCUT2D eigenvalue weighted by atomic mass is 9.93. The van der Waals surface area contributed by atoms with Gasteiger partial charge in [0.15, 0.2) is 5.65 Å². The molecule has 2 aromatic heterocycles. The lowest BCUT2D eigenvalue weighted by Gasteiger charge is -2.28. The lowest BCUT2D eigenvalue weighted by molar-refractivity contribution is -0.123. The largest absolute Gasteiger partial charge is 0.370 e. The number of amides is 1. The molecule has 6 rings (SSSR count). The number of sulfone groups is 1. The molecule has 1 saturated carbocycles. The van der Waals surface area contributed by atoms with Crippen molar-refractivity contribution >= 4 is 38.0 Å². The molecule has 4 aromatic rings. The van der Waals surface area contributed by atoms with Crippen molar-refractivity contribution in [2.75, 3.05) is 37.6 Å². The fourth-order valence-electron chi connectivity index (χ4n) is 5.59. The minimum Gasteiger partial charge on any atom is -0.370 e. The van der Waals surface area contributed by atoms with E-state index >= 15 is 0 Å². The number of fused-ring (bicyclic) bond motifs is 3. The van der Waals surface area contributed by atoms with E-state index in [-0.39, 0.29) is 21.5 Å². The summed E-state index contributed by atoms with van der Waals surface area (Å²) in [5, 5.41) is 10.1. The summed E-state index contributed by atoms with van der Waals surface area (Å²) in [4.78, 5) is 34.1. The van der Waals surface area contributed by atoms with Crippen molar-refractivity contribution < 1.29 is 13.2 Å². The van der Waals surface area contributed by atoms with Gasteiger partial charge >= 0.3 is 0 Å². The Morgan fingerprint density at radius 2 is 1.88 bits per heavy atom. The Hall–Kier alpha value is -3.77. The van der Waals surface area contributed by atoms with Gasteiger partial charge in [0.25, 0.3) is 5.56 Å². The van der Waals surface area contributed by atoms with Crippen LogP contribution in [-0.4, -0.2) is 77.8 Å². The van der Waals surface area contributed by atoms with E-state index in [0.29, 0.717) is 29.1 Å². The summed E-state index contributed by atoms with van der Waals surface area (Å²) in [5.74, 6) is 0.0870. The number of benzene rings is 2. The van der Waals surface area contributed by atoms with Crippen LogP contribution in [0, 0.1) is 13.8 Å². The fourth-order valence-corrected chi connectivity index (χ4v) is 7.07. The van der Waals surface area contributed by atoms with Gasteiger partial charge in [0, 0.05) is 37.9 Å². The number of H-pyrrole nitrogens is 1.